The van der Waals surface area contributed by atoms with E-state index in [0.717, 1.165) is 35.6 Å². The van der Waals surface area contributed by atoms with E-state index in [2.05, 4.69) is 29.5 Å². The minimum atomic E-state index is -0.660. The van der Waals surface area contributed by atoms with Gasteiger partial charge in [0.05, 0.1) is 23.7 Å². The maximum atomic E-state index is 12.6. The predicted molar refractivity (Wildman–Crippen MR) is 112 cm³/mol. The number of aliphatic hydroxyl groups excluding tert-OH is 2. The van der Waals surface area contributed by atoms with Gasteiger partial charge in [0.25, 0.3) is 0 Å². The third-order valence-corrected chi connectivity index (χ3v) is 6.86. The number of nitrogens with zero attached hydrogens (tertiary/aromatic N) is 3. The molecule has 2 atom stereocenters. The van der Waals surface area contributed by atoms with E-state index in [1.165, 1.54) is 0 Å². The van der Waals surface area contributed by atoms with E-state index in [-0.39, 0.29) is 12.5 Å². The van der Waals surface area contributed by atoms with Crippen LogP contribution in [0.3, 0.4) is 0 Å². The number of amides is 1. The quantitative estimate of drug-likeness (QED) is 0.660. The van der Waals surface area contributed by atoms with E-state index >= 15 is 0 Å². The number of hydrogen-bond donors (Lipinski definition) is 2. The summed E-state index contributed by atoms with van der Waals surface area (Å²) in [7, 11) is 0. The molecule has 1 saturated heterocycles. The number of hydrogen-bond acceptors (Lipinski definition) is 5. The van der Waals surface area contributed by atoms with Crippen LogP contribution in [-0.2, 0) is 11.3 Å². The summed E-state index contributed by atoms with van der Waals surface area (Å²) >= 11 is 1.60. The lowest BCUT2D eigenvalue weighted by molar-refractivity contribution is -0.141. The van der Waals surface area contributed by atoms with Crippen LogP contribution >= 0.6 is 11.8 Å². The maximum absolute atomic E-state index is 12.6. The van der Waals surface area contributed by atoms with Crippen LogP contribution in [0.4, 0.5) is 0 Å². The first-order valence-corrected chi connectivity index (χ1v) is 11.2. The molecule has 0 aliphatic carbocycles. The first-order chi connectivity index (χ1) is 13.5. The third-order valence-electron chi connectivity index (χ3n) is 5.88. The van der Waals surface area contributed by atoms with Gasteiger partial charge < -0.3 is 19.7 Å². The standard InChI is InChI=1S/C21H31N3O3S/c1-3-10-21(15-25)11-12-23(14-18(21)26)19(27)9-13-28-20-22-16-7-5-6-8-17(16)24(20)4-2/h5-8,18,25-26H,3-4,9-15H2,1-2H3/t18-,21-/m1/s1. The molecule has 0 saturated carbocycles. The number of aliphatic hydroxyl groups is 2. The summed E-state index contributed by atoms with van der Waals surface area (Å²) in [5, 5.41) is 21.3. The maximum Gasteiger partial charge on any atom is 0.223 e. The lowest BCUT2D eigenvalue weighted by atomic mass is 9.73. The zero-order valence-electron chi connectivity index (χ0n) is 16.8. The normalized spacial score (nSPS) is 22.7. The molecule has 3 rings (SSSR count). The second-order valence-corrected chi connectivity index (χ2v) is 8.66. The Morgan fingerprint density at radius 3 is 2.82 bits per heavy atom. The van der Waals surface area contributed by atoms with Crippen molar-refractivity contribution in [3.63, 3.8) is 0 Å². The number of aromatic nitrogens is 2. The minimum absolute atomic E-state index is 0.0207. The van der Waals surface area contributed by atoms with Crippen LogP contribution < -0.4 is 0 Å². The van der Waals surface area contributed by atoms with Crippen LogP contribution in [-0.4, -0.2) is 62.1 Å². The number of aryl methyl sites for hydroxylation is 1. The fraction of sp³-hybridized carbons (Fsp3) is 0.619. The number of fused-ring (bicyclic) bond motifs is 1. The summed E-state index contributed by atoms with van der Waals surface area (Å²) in [6.07, 6.45) is 2.12. The molecule has 1 aliphatic rings. The highest BCUT2D eigenvalue weighted by molar-refractivity contribution is 7.99. The van der Waals surface area contributed by atoms with Crippen molar-refractivity contribution < 1.29 is 15.0 Å². The number of carbonyl (C=O) groups is 1. The lowest BCUT2D eigenvalue weighted by Gasteiger charge is -2.44. The van der Waals surface area contributed by atoms with Gasteiger partial charge in [-0.25, -0.2) is 4.98 Å². The van der Waals surface area contributed by atoms with Crippen molar-refractivity contribution in [3.8, 4) is 0 Å². The molecule has 2 N–H and O–H groups in total. The molecule has 1 fully saturated rings. The van der Waals surface area contributed by atoms with Gasteiger partial charge >= 0.3 is 0 Å². The topological polar surface area (TPSA) is 78.6 Å². The number of imidazole rings is 1. The van der Waals surface area contributed by atoms with Crippen LogP contribution in [0.1, 0.15) is 39.5 Å². The van der Waals surface area contributed by atoms with Gasteiger partial charge in [-0.3, -0.25) is 4.79 Å². The molecular weight excluding hydrogens is 374 g/mol. The van der Waals surface area contributed by atoms with Crippen LogP contribution in [0.25, 0.3) is 11.0 Å². The fourth-order valence-electron chi connectivity index (χ4n) is 4.15. The zero-order valence-corrected chi connectivity index (χ0v) is 17.6. The summed E-state index contributed by atoms with van der Waals surface area (Å²) in [4.78, 5) is 19.1. The molecule has 0 unspecified atom stereocenters. The minimum Gasteiger partial charge on any atom is -0.396 e. The Morgan fingerprint density at radius 1 is 1.36 bits per heavy atom. The molecular formula is C21H31N3O3S. The second-order valence-electron chi connectivity index (χ2n) is 7.60. The Morgan fingerprint density at radius 2 is 2.14 bits per heavy atom. The molecule has 7 heteroatoms. The molecule has 1 aliphatic heterocycles. The predicted octanol–water partition coefficient (Wildman–Crippen LogP) is 2.91. The van der Waals surface area contributed by atoms with Crippen molar-refractivity contribution >= 4 is 28.7 Å². The number of carbonyl (C=O) groups excluding carboxylic acids is 1. The number of para-hydroxylation sites is 2. The number of thioether (sulfide) groups is 1. The smallest absolute Gasteiger partial charge is 0.223 e. The number of rotatable bonds is 8. The molecule has 1 aromatic carbocycles. The van der Waals surface area contributed by atoms with Gasteiger partial charge in [-0.2, -0.15) is 0 Å². The van der Waals surface area contributed by atoms with E-state index in [1.54, 1.807) is 16.7 Å². The monoisotopic (exact) mass is 405 g/mol. The average molecular weight is 406 g/mol. The van der Waals surface area contributed by atoms with Crippen LogP contribution in [0, 0.1) is 5.41 Å². The SMILES string of the molecule is CCC[C@]1(CO)CCN(C(=O)CCSc2nc3ccccc3n2CC)C[C@H]1O. The molecule has 0 bridgehead atoms. The third kappa shape index (κ3) is 4.21. The second kappa shape index (κ2) is 9.29. The van der Waals surface area contributed by atoms with Crippen LogP contribution in [0.2, 0.25) is 0 Å². The van der Waals surface area contributed by atoms with Crippen molar-refractivity contribution in [2.24, 2.45) is 5.41 Å². The van der Waals surface area contributed by atoms with Gasteiger partial charge in [0.1, 0.15) is 0 Å². The highest BCUT2D eigenvalue weighted by Crippen LogP contribution is 2.36. The first kappa shape index (κ1) is 21.1. The largest absolute Gasteiger partial charge is 0.396 e. The van der Waals surface area contributed by atoms with E-state index in [9.17, 15) is 15.0 Å². The van der Waals surface area contributed by atoms with Gasteiger partial charge in [0.15, 0.2) is 5.16 Å². The van der Waals surface area contributed by atoms with E-state index in [1.807, 2.05) is 18.2 Å². The molecule has 1 amide bonds. The van der Waals surface area contributed by atoms with Gasteiger partial charge in [0, 0.05) is 37.2 Å². The molecule has 0 radical (unpaired) electrons. The Kier molecular flexibility index (Phi) is 7.01. The fourth-order valence-corrected chi connectivity index (χ4v) is 5.16. The van der Waals surface area contributed by atoms with Crippen molar-refractivity contribution in [1.82, 2.24) is 14.5 Å². The molecule has 154 valence electrons. The highest BCUT2D eigenvalue weighted by atomic mass is 32.2. The lowest BCUT2D eigenvalue weighted by Crippen LogP contribution is -2.54. The summed E-state index contributed by atoms with van der Waals surface area (Å²) in [5.41, 5.74) is 1.65. The number of piperidine rings is 1. The molecule has 1 aromatic heterocycles. The van der Waals surface area contributed by atoms with Crippen molar-refractivity contribution in [1.29, 1.82) is 0 Å². The molecule has 0 spiro atoms. The van der Waals surface area contributed by atoms with Gasteiger partial charge in [-0.05, 0) is 31.9 Å². The van der Waals surface area contributed by atoms with Gasteiger partial charge in [-0.15, -0.1) is 0 Å². The van der Waals surface area contributed by atoms with E-state index < -0.39 is 11.5 Å². The Bertz CT molecular complexity index is 809. The molecule has 2 aromatic rings. The molecule has 6 nitrogen and oxygen atoms in total. The van der Waals surface area contributed by atoms with Crippen molar-refractivity contribution in [3.05, 3.63) is 24.3 Å². The van der Waals surface area contributed by atoms with E-state index in [0.29, 0.717) is 31.7 Å². The number of likely N-dealkylation sites (tertiary alicyclic amines) is 1. The number of benzene rings is 1. The first-order valence-electron chi connectivity index (χ1n) is 10.2. The summed E-state index contributed by atoms with van der Waals surface area (Å²) in [6.45, 7) is 5.90. The summed E-state index contributed by atoms with van der Waals surface area (Å²) in [6, 6.07) is 8.08. The summed E-state index contributed by atoms with van der Waals surface area (Å²) < 4.78 is 2.18. The average Bonchev–Trinajstić information content (AvgIpc) is 3.06. The Balaban J connectivity index is 1.55. The molecule has 28 heavy (non-hydrogen) atoms. The van der Waals surface area contributed by atoms with Crippen molar-refractivity contribution in [2.45, 2.75) is 57.3 Å². The Hall–Kier alpha value is -1.57. The highest BCUT2D eigenvalue weighted by Gasteiger charge is 2.42. The van der Waals surface area contributed by atoms with Crippen molar-refractivity contribution in [2.75, 3.05) is 25.4 Å². The zero-order chi connectivity index (χ0) is 20.1. The van der Waals surface area contributed by atoms with E-state index in [4.69, 9.17) is 0 Å². The number of β-amino-alcohol motifs (C(OH)–C–C–N with tert-alkyl or cyclic N) is 1. The van der Waals surface area contributed by atoms with Crippen LogP contribution in [0.15, 0.2) is 29.4 Å². The summed E-state index contributed by atoms with van der Waals surface area (Å²) in [5.74, 6) is 0.725. The van der Waals surface area contributed by atoms with Gasteiger partial charge in [0.2, 0.25) is 5.91 Å². The van der Waals surface area contributed by atoms with Crippen LogP contribution in [0.5, 0.6) is 0 Å². The Labute approximate surface area is 170 Å². The molecule has 2 heterocycles. The van der Waals surface area contributed by atoms with Gasteiger partial charge in [-0.1, -0.05) is 37.2 Å².